The van der Waals surface area contributed by atoms with Gasteiger partial charge < -0.3 is 49.6 Å². The van der Waals surface area contributed by atoms with Crippen LogP contribution in [0.3, 0.4) is 0 Å². The molecule has 49 heavy (non-hydrogen) atoms. The van der Waals surface area contributed by atoms with E-state index in [0.29, 0.717) is 19.4 Å². The summed E-state index contributed by atoms with van der Waals surface area (Å²) in [6, 6.07) is 9.03. The molecule has 1 saturated heterocycles. The largest absolute Gasteiger partial charge is 0.496 e. The van der Waals surface area contributed by atoms with Crippen LogP contribution in [0, 0.1) is 0 Å². The number of ether oxygens (including phenoxy) is 5. The van der Waals surface area contributed by atoms with E-state index < -0.39 is 48.8 Å². The Balaban J connectivity index is 1.49. The van der Waals surface area contributed by atoms with Crippen molar-refractivity contribution >= 4 is 35.5 Å². The molecule has 0 saturated carbocycles. The minimum atomic E-state index is -1.48. The number of aliphatic hydroxyl groups is 3. The van der Waals surface area contributed by atoms with E-state index in [9.17, 15) is 29.7 Å². The molecule has 0 aliphatic carbocycles. The van der Waals surface area contributed by atoms with E-state index in [-0.39, 0.29) is 40.6 Å². The van der Waals surface area contributed by atoms with Crippen molar-refractivity contribution in [3.05, 3.63) is 64.2 Å². The minimum Gasteiger partial charge on any atom is -0.496 e. The molecule has 0 aromatic heterocycles. The second-order valence-electron chi connectivity index (χ2n) is 12.5. The molecule has 1 fully saturated rings. The lowest BCUT2D eigenvalue weighted by Gasteiger charge is -2.41. The molecular formula is C35H47ClN2O11. The van der Waals surface area contributed by atoms with Crippen LogP contribution in [-0.4, -0.2) is 96.7 Å². The average Bonchev–Trinajstić information content (AvgIpc) is 3.06. The number of carbonyl (C=O) groups excluding carboxylic acids is 3. The quantitative estimate of drug-likeness (QED) is 0.0983. The molecule has 5 N–H and O–H groups in total. The molecule has 2 amide bonds. The molecule has 270 valence electrons. The van der Waals surface area contributed by atoms with E-state index >= 15 is 0 Å². The number of aliphatic hydroxyl groups excluding tert-OH is 3. The van der Waals surface area contributed by atoms with Gasteiger partial charge in [0.2, 0.25) is 5.91 Å². The predicted octanol–water partition coefficient (Wildman–Crippen LogP) is 3.14. The molecule has 2 aromatic rings. The molecule has 0 spiro atoms. The summed E-state index contributed by atoms with van der Waals surface area (Å²) >= 11 is 6.45. The van der Waals surface area contributed by atoms with Crippen LogP contribution in [0.2, 0.25) is 5.02 Å². The fourth-order valence-electron chi connectivity index (χ4n) is 4.95. The highest BCUT2D eigenvalue weighted by molar-refractivity contribution is 6.32. The maximum Gasteiger partial charge on any atom is 0.306 e. The predicted molar refractivity (Wildman–Crippen MR) is 181 cm³/mol. The van der Waals surface area contributed by atoms with Crippen LogP contribution < -0.4 is 20.1 Å². The Hall–Kier alpha value is -3.72. The molecule has 5 atom stereocenters. The van der Waals surface area contributed by atoms with Crippen LogP contribution in [-0.2, 0) is 30.4 Å². The van der Waals surface area contributed by atoms with Gasteiger partial charge in [-0.15, -0.1) is 0 Å². The number of rotatable bonds is 16. The van der Waals surface area contributed by atoms with Gasteiger partial charge in [-0.05, 0) is 56.9 Å². The van der Waals surface area contributed by atoms with Gasteiger partial charge in [0.05, 0.1) is 24.3 Å². The monoisotopic (exact) mass is 706 g/mol. The van der Waals surface area contributed by atoms with Crippen molar-refractivity contribution in [2.24, 2.45) is 0 Å². The van der Waals surface area contributed by atoms with E-state index in [1.165, 1.54) is 32.4 Å². The fraction of sp³-hybridized carbons (Fsp3) is 0.514. The zero-order valence-corrected chi connectivity index (χ0v) is 29.2. The maximum atomic E-state index is 13.2. The molecule has 0 bridgehead atoms. The maximum absolute atomic E-state index is 13.2. The van der Waals surface area contributed by atoms with Crippen molar-refractivity contribution in [3.63, 3.8) is 0 Å². The van der Waals surface area contributed by atoms with Gasteiger partial charge in [-0.3, -0.25) is 14.4 Å². The molecule has 1 aliphatic rings. The Bertz CT molecular complexity index is 1430. The highest BCUT2D eigenvalue weighted by atomic mass is 35.5. The number of halogens is 1. The van der Waals surface area contributed by atoms with Gasteiger partial charge in [-0.25, -0.2) is 0 Å². The number of nitrogens with one attached hydrogen (secondary N) is 2. The number of hydrogen-bond donors (Lipinski definition) is 5. The first kappa shape index (κ1) is 39.7. The van der Waals surface area contributed by atoms with Crippen LogP contribution in [0.1, 0.15) is 67.9 Å². The zero-order chi connectivity index (χ0) is 36.1. The number of hydrogen-bond acceptors (Lipinski definition) is 11. The van der Waals surface area contributed by atoms with E-state index in [0.717, 1.165) is 24.0 Å². The molecule has 3 rings (SSSR count). The Morgan fingerprint density at radius 1 is 1.00 bits per heavy atom. The van der Waals surface area contributed by atoms with Crippen LogP contribution >= 0.6 is 11.6 Å². The standard InChI is InChI=1S/C35H47ClN2O11/c1-35(2,3)49-29(41)9-7-6-8-16-37-28(40)15-14-21-10-12-22(13-11-21)20-47-26-18-25(45-4)23(17-24(26)36)33(44)38-30-32(43)31(42)27(19-39)48-34(30)46-5/h10-15,17-18,27,30-32,34,39,42-43H,6-9,16,19-20H2,1-5H3,(H,37,40)(H,38,44)/b15-14+/t27-,30-,31-,32-,34+/m1/s1. The molecule has 1 heterocycles. The van der Waals surface area contributed by atoms with Gasteiger partial charge in [-0.1, -0.05) is 42.3 Å². The first-order chi connectivity index (χ1) is 23.3. The fourth-order valence-corrected chi connectivity index (χ4v) is 5.17. The molecule has 2 aromatic carbocycles. The summed E-state index contributed by atoms with van der Waals surface area (Å²) in [7, 11) is 2.68. The van der Waals surface area contributed by atoms with Crippen molar-refractivity contribution in [2.75, 3.05) is 27.4 Å². The Morgan fingerprint density at radius 3 is 2.35 bits per heavy atom. The second kappa shape index (κ2) is 18.9. The Kier molecular flexibility index (Phi) is 15.3. The van der Waals surface area contributed by atoms with Crippen LogP contribution in [0.25, 0.3) is 6.08 Å². The molecule has 0 radical (unpaired) electrons. The number of benzene rings is 2. The van der Waals surface area contributed by atoms with E-state index in [1.54, 1.807) is 6.08 Å². The Labute approximate surface area is 291 Å². The summed E-state index contributed by atoms with van der Waals surface area (Å²) in [4.78, 5) is 37.1. The van der Waals surface area contributed by atoms with Gasteiger partial charge in [0.25, 0.3) is 5.91 Å². The first-order valence-electron chi connectivity index (χ1n) is 16.0. The summed E-state index contributed by atoms with van der Waals surface area (Å²) in [5.74, 6) is -0.699. The first-order valence-corrected chi connectivity index (χ1v) is 16.4. The number of amides is 2. The lowest BCUT2D eigenvalue weighted by molar-refractivity contribution is -0.261. The van der Waals surface area contributed by atoms with E-state index in [2.05, 4.69) is 10.6 Å². The van der Waals surface area contributed by atoms with Crippen LogP contribution in [0.5, 0.6) is 11.5 Å². The summed E-state index contributed by atoms with van der Waals surface area (Å²) < 4.78 is 27.2. The van der Waals surface area contributed by atoms with Crippen molar-refractivity contribution < 1.29 is 53.4 Å². The van der Waals surface area contributed by atoms with Gasteiger partial charge in [0.1, 0.15) is 48.1 Å². The molecular weight excluding hydrogens is 660 g/mol. The summed E-state index contributed by atoms with van der Waals surface area (Å²) in [6.45, 7) is 5.62. The smallest absolute Gasteiger partial charge is 0.306 e. The van der Waals surface area contributed by atoms with E-state index in [1.807, 2.05) is 45.0 Å². The van der Waals surface area contributed by atoms with Crippen LogP contribution in [0.4, 0.5) is 0 Å². The number of esters is 1. The SMILES string of the molecule is COc1cc(OCc2ccc(/C=C/C(=O)NCCCCCC(=O)OC(C)(C)C)cc2)c(Cl)cc1C(=O)N[C@H]1[C@@H](OC)O[C@H](CO)[C@@H](O)[C@@H]1O. The third-order valence-electron chi connectivity index (χ3n) is 7.49. The highest BCUT2D eigenvalue weighted by Gasteiger charge is 2.45. The van der Waals surface area contributed by atoms with E-state index in [4.69, 9.17) is 35.3 Å². The van der Waals surface area contributed by atoms with Crippen molar-refractivity contribution in [3.8, 4) is 11.5 Å². The third kappa shape index (κ3) is 12.3. The van der Waals surface area contributed by atoms with Gasteiger partial charge in [0, 0.05) is 32.2 Å². The molecule has 0 unspecified atom stereocenters. The lowest BCUT2D eigenvalue weighted by atomic mass is 9.96. The Morgan fingerprint density at radius 2 is 1.71 bits per heavy atom. The van der Waals surface area contributed by atoms with Crippen molar-refractivity contribution in [1.29, 1.82) is 0 Å². The number of carbonyl (C=O) groups is 3. The average molecular weight is 707 g/mol. The van der Waals surface area contributed by atoms with Gasteiger partial charge >= 0.3 is 5.97 Å². The zero-order valence-electron chi connectivity index (χ0n) is 28.4. The van der Waals surface area contributed by atoms with Crippen molar-refractivity contribution in [1.82, 2.24) is 10.6 Å². The number of methoxy groups -OCH3 is 2. The highest BCUT2D eigenvalue weighted by Crippen LogP contribution is 2.34. The summed E-state index contributed by atoms with van der Waals surface area (Å²) in [5, 5.41) is 35.8. The minimum absolute atomic E-state index is 0.0408. The van der Waals surface area contributed by atoms with Crippen molar-refractivity contribution in [2.45, 2.75) is 89.3 Å². The third-order valence-corrected chi connectivity index (χ3v) is 7.78. The van der Waals surface area contributed by atoms with Gasteiger partial charge in [-0.2, -0.15) is 0 Å². The molecule has 13 nitrogen and oxygen atoms in total. The second-order valence-corrected chi connectivity index (χ2v) is 12.9. The summed E-state index contributed by atoms with van der Waals surface area (Å²) in [6.07, 6.45) is 0.625. The lowest BCUT2D eigenvalue weighted by Crippen LogP contribution is -2.64. The number of unbranched alkanes of at least 4 members (excludes halogenated alkanes) is 2. The molecule has 1 aliphatic heterocycles. The van der Waals surface area contributed by atoms with Gasteiger partial charge in [0.15, 0.2) is 6.29 Å². The summed E-state index contributed by atoms with van der Waals surface area (Å²) in [5.41, 5.74) is 1.19. The topological polar surface area (TPSA) is 182 Å². The normalized spacial score (nSPS) is 20.9. The molecule has 14 heteroatoms. The van der Waals surface area contributed by atoms with Crippen LogP contribution in [0.15, 0.2) is 42.5 Å².